The van der Waals surface area contributed by atoms with Crippen LogP contribution >= 0.6 is 0 Å². The molecule has 1 aromatic carbocycles. The monoisotopic (exact) mass is 216 g/mol. The minimum absolute atomic E-state index is 0.308. The number of fused-ring (bicyclic) bond motifs is 1. The fourth-order valence-corrected chi connectivity index (χ4v) is 2.09. The van der Waals surface area contributed by atoms with Gasteiger partial charge in [0.15, 0.2) is 0 Å². The van der Waals surface area contributed by atoms with Crippen LogP contribution in [0.2, 0.25) is 0 Å². The van der Waals surface area contributed by atoms with Crippen molar-refractivity contribution in [1.82, 2.24) is 0 Å². The lowest BCUT2D eigenvalue weighted by molar-refractivity contribution is -0.134. The first-order valence-corrected chi connectivity index (χ1v) is 5.67. The fourth-order valence-electron chi connectivity index (χ4n) is 2.09. The molecule has 0 fully saturated rings. The molecule has 0 unspecified atom stereocenters. The second kappa shape index (κ2) is 4.97. The molecular weight excluding hydrogens is 200 g/mol. The topological polar surface area (TPSA) is 26.3 Å². The average molecular weight is 216 g/mol. The molecule has 16 heavy (non-hydrogen) atoms. The zero-order chi connectivity index (χ0) is 11.4. The Morgan fingerprint density at radius 1 is 1.25 bits per heavy atom. The van der Waals surface area contributed by atoms with Gasteiger partial charge in [0.05, 0.1) is 7.11 Å². The molecule has 0 N–H and O–H groups in total. The highest BCUT2D eigenvalue weighted by atomic mass is 16.5. The van der Waals surface area contributed by atoms with Crippen LogP contribution in [0.4, 0.5) is 0 Å². The highest BCUT2D eigenvalue weighted by Gasteiger charge is 2.08. The number of aryl methyl sites for hydroxylation is 2. The van der Waals surface area contributed by atoms with Crippen LogP contribution in [-0.4, -0.2) is 13.1 Å². The van der Waals surface area contributed by atoms with Gasteiger partial charge in [0, 0.05) is 6.08 Å². The number of benzene rings is 1. The molecular formula is C14H16O2. The maximum absolute atomic E-state index is 11.0. The van der Waals surface area contributed by atoms with E-state index in [9.17, 15) is 4.79 Å². The molecule has 0 bridgehead atoms. The maximum atomic E-state index is 11.0. The Morgan fingerprint density at radius 3 is 2.75 bits per heavy atom. The van der Waals surface area contributed by atoms with Gasteiger partial charge in [0.1, 0.15) is 0 Å². The van der Waals surface area contributed by atoms with Crippen molar-refractivity contribution >= 4 is 12.0 Å². The highest BCUT2D eigenvalue weighted by molar-refractivity contribution is 5.86. The molecule has 0 spiro atoms. The Morgan fingerprint density at radius 2 is 2.00 bits per heavy atom. The van der Waals surface area contributed by atoms with E-state index in [4.69, 9.17) is 0 Å². The van der Waals surface area contributed by atoms with Gasteiger partial charge in [-0.1, -0.05) is 18.2 Å². The van der Waals surface area contributed by atoms with Crippen LogP contribution in [0.15, 0.2) is 24.3 Å². The summed E-state index contributed by atoms with van der Waals surface area (Å²) in [4.78, 5) is 11.0. The summed E-state index contributed by atoms with van der Waals surface area (Å²) in [5.41, 5.74) is 3.96. The molecule has 0 atom stereocenters. The lowest BCUT2D eigenvalue weighted by Crippen LogP contribution is -2.02. The van der Waals surface area contributed by atoms with Crippen molar-refractivity contribution in [1.29, 1.82) is 0 Å². The van der Waals surface area contributed by atoms with E-state index < -0.39 is 0 Å². The van der Waals surface area contributed by atoms with Crippen LogP contribution in [0.1, 0.15) is 29.5 Å². The number of carbonyl (C=O) groups excluding carboxylic acids is 1. The summed E-state index contributed by atoms with van der Waals surface area (Å²) in [7, 11) is 1.39. The Kier molecular flexibility index (Phi) is 3.40. The van der Waals surface area contributed by atoms with Gasteiger partial charge in [-0.3, -0.25) is 0 Å². The number of methoxy groups -OCH3 is 1. The van der Waals surface area contributed by atoms with Gasteiger partial charge < -0.3 is 4.74 Å². The van der Waals surface area contributed by atoms with E-state index in [0.717, 1.165) is 12.0 Å². The second-order valence-corrected chi connectivity index (χ2v) is 4.09. The second-order valence-electron chi connectivity index (χ2n) is 4.09. The fraction of sp³-hybridized carbons (Fsp3) is 0.357. The molecule has 84 valence electrons. The van der Waals surface area contributed by atoms with Gasteiger partial charge >= 0.3 is 5.97 Å². The number of carbonyl (C=O) groups is 1. The summed E-state index contributed by atoms with van der Waals surface area (Å²) < 4.78 is 4.56. The number of hydrogen-bond acceptors (Lipinski definition) is 2. The van der Waals surface area contributed by atoms with E-state index in [0.29, 0.717) is 0 Å². The molecule has 1 aliphatic carbocycles. The van der Waals surface area contributed by atoms with Crippen LogP contribution in [0.3, 0.4) is 0 Å². The highest BCUT2D eigenvalue weighted by Crippen LogP contribution is 2.22. The third kappa shape index (κ3) is 2.51. The normalized spacial score (nSPS) is 14.8. The van der Waals surface area contributed by atoms with E-state index in [-0.39, 0.29) is 5.97 Å². The average Bonchev–Trinajstić information content (AvgIpc) is 2.35. The van der Waals surface area contributed by atoms with E-state index in [1.165, 1.54) is 43.6 Å². The largest absolute Gasteiger partial charge is 0.466 e. The van der Waals surface area contributed by atoms with Crippen molar-refractivity contribution in [3.05, 3.63) is 41.0 Å². The van der Waals surface area contributed by atoms with Crippen molar-refractivity contribution in [3.63, 3.8) is 0 Å². The van der Waals surface area contributed by atoms with Crippen LogP contribution in [0.25, 0.3) is 6.08 Å². The summed E-state index contributed by atoms with van der Waals surface area (Å²) in [6, 6.07) is 6.41. The van der Waals surface area contributed by atoms with Gasteiger partial charge in [-0.15, -0.1) is 0 Å². The smallest absolute Gasteiger partial charge is 0.330 e. The summed E-state index contributed by atoms with van der Waals surface area (Å²) in [5.74, 6) is -0.308. The first-order valence-electron chi connectivity index (χ1n) is 5.67. The van der Waals surface area contributed by atoms with Crippen LogP contribution in [0.5, 0.6) is 0 Å². The van der Waals surface area contributed by atoms with Crippen molar-refractivity contribution in [3.8, 4) is 0 Å². The van der Waals surface area contributed by atoms with Gasteiger partial charge in [-0.05, 0) is 48.4 Å². The number of ether oxygens (including phenoxy) is 1. The van der Waals surface area contributed by atoms with Gasteiger partial charge in [-0.25, -0.2) is 4.79 Å². The van der Waals surface area contributed by atoms with E-state index >= 15 is 0 Å². The van der Waals surface area contributed by atoms with Crippen molar-refractivity contribution in [2.24, 2.45) is 0 Å². The Balaban J connectivity index is 2.17. The lowest BCUT2D eigenvalue weighted by Gasteiger charge is -2.15. The van der Waals surface area contributed by atoms with E-state index in [1.807, 2.05) is 0 Å². The number of esters is 1. The van der Waals surface area contributed by atoms with Crippen molar-refractivity contribution < 1.29 is 9.53 Å². The van der Waals surface area contributed by atoms with Crippen LogP contribution in [0, 0.1) is 0 Å². The number of hydrogen-bond donors (Lipinski definition) is 0. The maximum Gasteiger partial charge on any atom is 0.330 e. The molecule has 0 heterocycles. The Labute approximate surface area is 95.9 Å². The predicted octanol–water partition coefficient (Wildman–Crippen LogP) is 2.75. The molecule has 0 aromatic heterocycles. The van der Waals surface area contributed by atoms with E-state index in [1.54, 1.807) is 6.08 Å². The third-order valence-electron chi connectivity index (χ3n) is 2.99. The first-order chi connectivity index (χ1) is 7.79. The van der Waals surface area contributed by atoms with Crippen LogP contribution in [-0.2, 0) is 22.4 Å². The van der Waals surface area contributed by atoms with Crippen molar-refractivity contribution in [2.75, 3.05) is 7.11 Å². The zero-order valence-electron chi connectivity index (χ0n) is 9.53. The molecule has 1 aromatic rings. The summed E-state index contributed by atoms with van der Waals surface area (Å²) >= 11 is 0. The molecule has 0 saturated heterocycles. The molecule has 0 amide bonds. The Bertz CT molecular complexity index is 419. The molecule has 0 radical (unpaired) electrons. The summed E-state index contributed by atoms with van der Waals surface area (Å²) in [6.45, 7) is 0. The SMILES string of the molecule is COC(=O)/C=C\c1ccc2c(c1)CCCC2. The zero-order valence-corrected chi connectivity index (χ0v) is 9.53. The third-order valence-corrected chi connectivity index (χ3v) is 2.99. The predicted molar refractivity (Wildman–Crippen MR) is 64.1 cm³/mol. The van der Waals surface area contributed by atoms with Gasteiger partial charge in [0.2, 0.25) is 0 Å². The van der Waals surface area contributed by atoms with Gasteiger partial charge in [-0.2, -0.15) is 0 Å². The van der Waals surface area contributed by atoms with Crippen LogP contribution < -0.4 is 0 Å². The standard InChI is InChI=1S/C14H16O2/c1-16-14(15)9-7-11-6-8-12-4-2-3-5-13(12)10-11/h6-10H,2-5H2,1H3/b9-7-. The Hall–Kier alpha value is -1.57. The minimum Gasteiger partial charge on any atom is -0.466 e. The molecule has 2 nitrogen and oxygen atoms in total. The van der Waals surface area contributed by atoms with Gasteiger partial charge in [0.25, 0.3) is 0 Å². The quantitative estimate of drug-likeness (QED) is 0.561. The molecule has 0 aliphatic heterocycles. The summed E-state index contributed by atoms with van der Waals surface area (Å²) in [5, 5.41) is 0. The van der Waals surface area contributed by atoms with Crippen molar-refractivity contribution in [2.45, 2.75) is 25.7 Å². The lowest BCUT2D eigenvalue weighted by atomic mass is 9.90. The summed E-state index contributed by atoms with van der Waals surface area (Å²) in [6.07, 6.45) is 8.19. The molecule has 1 aliphatic rings. The molecule has 0 saturated carbocycles. The number of rotatable bonds is 2. The molecule has 2 heteroatoms. The first kappa shape index (κ1) is 10.9. The molecule has 2 rings (SSSR count). The van der Waals surface area contributed by atoms with E-state index in [2.05, 4.69) is 22.9 Å². The minimum atomic E-state index is -0.308.